The molecule has 0 aliphatic rings. The van der Waals surface area contributed by atoms with Gasteiger partial charge in [0.25, 0.3) is 0 Å². The summed E-state index contributed by atoms with van der Waals surface area (Å²) in [6, 6.07) is 6.47. The molecule has 0 saturated carbocycles. The Hall–Kier alpha value is -2.34. The zero-order valence-corrected chi connectivity index (χ0v) is 12.7. The first kappa shape index (κ1) is 16.0. The van der Waals surface area contributed by atoms with E-state index in [9.17, 15) is 14.4 Å². The highest BCUT2D eigenvalue weighted by Crippen LogP contribution is 2.17. The van der Waals surface area contributed by atoms with E-state index in [0.29, 0.717) is 11.0 Å². The van der Waals surface area contributed by atoms with Gasteiger partial charge in [0.15, 0.2) is 5.12 Å². The molecule has 5 nitrogen and oxygen atoms in total. The predicted molar refractivity (Wildman–Crippen MR) is 86.2 cm³/mol. The minimum atomic E-state index is -1.31. The minimum Gasteiger partial charge on any atom is -0.477 e. The number of carbonyl (C=O) groups is 2. The van der Waals surface area contributed by atoms with Crippen molar-refractivity contribution in [1.82, 2.24) is 0 Å². The molecule has 1 aromatic heterocycles. The van der Waals surface area contributed by atoms with Gasteiger partial charge in [-0.15, -0.1) is 0 Å². The quantitative estimate of drug-likeness (QED) is 0.673. The number of hydrogen-bond acceptors (Lipinski definition) is 5. The Morgan fingerprint density at radius 2 is 2.09 bits per heavy atom. The number of benzene rings is 1. The molecular formula is C16H14O5S. The molecule has 114 valence electrons. The summed E-state index contributed by atoms with van der Waals surface area (Å²) in [5.41, 5.74) is -0.0270. The number of thioether (sulfide) groups is 1. The molecule has 6 heteroatoms. The van der Waals surface area contributed by atoms with Gasteiger partial charge in [-0.05, 0) is 30.2 Å². The van der Waals surface area contributed by atoms with E-state index >= 15 is 0 Å². The van der Waals surface area contributed by atoms with Gasteiger partial charge in [0.2, 0.25) is 0 Å². The molecule has 0 atom stereocenters. The van der Waals surface area contributed by atoms with Crippen LogP contribution in [0, 0.1) is 0 Å². The summed E-state index contributed by atoms with van der Waals surface area (Å²) in [5.74, 6) is -0.588. The average Bonchev–Trinajstić information content (AvgIpc) is 2.45. The van der Waals surface area contributed by atoms with E-state index in [1.54, 1.807) is 18.2 Å². The Morgan fingerprint density at radius 1 is 1.32 bits per heavy atom. The minimum absolute atomic E-state index is 0.0929. The van der Waals surface area contributed by atoms with Crippen LogP contribution in [0.1, 0.15) is 29.3 Å². The molecule has 2 rings (SSSR count). The van der Waals surface area contributed by atoms with Crippen LogP contribution in [-0.2, 0) is 4.79 Å². The first-order chi connectivity index (χ1) is 10.5. The van der Waals surface area contributed by atoms with E-state index < -0.39 is 11.6 Å². The lowest BCUT2D eigenvalue weighted by molar-refractivity contribution is -0.109. The maximum atomic E-state index is 11.5. The number of allylic oxidation sites excluding steroid dienone is 1. The smallest absolute Gasteiger partial charge is 0.351 e. The highest BCUT2D eigenvalue weighted by Gasteiger charge is 2.11. The average molecular weight is 318 g/mol. The van der Waals surface area contributed by atoms with E-state index in [1.807, 2.05) is 12.2 Å². The van der Waals surface area contributed by atoms with Gasteiger partial charge < -0.3 is 9.52 Å². The fourth-order valence-corrected chi connectivity index (χ4v) is 2.43. The van der Waals surface area contributed by atoms with Crippen molar-refractivity contribution in [3.8, 4) is 0 Å². The van der Waals surface area contributed by atoms with Crippen molar-refractivity contribution in [3.63, 3.8) is 0 Å². The second-order valence-electron chi connectivity index (χ2n) is 4.58. The second-order valence-corrected chi connectivity index (χ2v) is 5.85. The summed E-state index contributed by atoms with van der Waals surface area (Å²) < 4.78 is 4.98. The monoisotopic (exact) mass is 318 g/mol. The number of carbonyl (C=O) groups excluding carboxylic acids is 1. The lowest BCUT2D eigenvalue weighted by atomic mass is 10.1. The lowest BCUT2D eigenvalue weighted by Crippen LogP contribution is -2.12. The molecule has 0 unspecified atom stereocenters. The van der Waals surface area contributed by atoms with Gasteiger partial charge in [-0.1, -0.05) is 30.0 Å². The number of aromatic carboxylic acids is 1. The molecule has 0 saturated heterocycles. The summed E-state index contributed by atoms with van der Waals surface area (Å²) in [7, 11) is 0. The largest absolute Gasteiger partial charge is 0.477 e. The number of hydrogen-bond donors (Lipinski definition) is 1. The van der Waals surface area contributed by atoms with Crippen LogP contribution in [0.5, 0.6) is 0 Å². The molecule has 2 aromatic rings. The molecule has 0 spiro atoms. The highest BCUT2D eigenvalue weighted by atomic mass is 32.2. The van der Waals surface area contributed by atoms with Crippen LogP contribution < -0.4 is 5.63 Å². The van der Waals surface area contributed by atoms with Crippen molar-refractivity contribution < 1.29 is 19.1 Å². The molecule has 0 aliphatic heterocycles. The molecule has 0 bridgehead atoms. The molecule has 0 aliphatic carbocycles. The number of carboxylic acid groups (broad SMARTS) is 1. The third-order valence-electron chi connectivity index (χ3n) is 2.89. The lowest BCUT2D eigenvalue weighted by Gasteiger charge is -2.00. The Morgan fingerprint density at radius 3 is 2.77 bits per heavy atom. The summed E-state index contributed by atoms with van der Waals surface area (Å²) >= 11 is 1.27. The maximum absolute atomic E-state index is 11.5. The van der Waals surface area contributed by atoms with Crippen molar-refractivity contribution in [1.29, 1.82) is 0 Å². The Balaban J connectivity index is 2.20. The van der Waals surface area contributed by atoms with Crippen molar-refractivity contribution in [2.24, 2.45) is 0 Å². The van der Waals surface area contributed by atoms with E-state index in [0.717, 1.165) is 17.7 Å². The molecule has 1 heterocycles. The number of fused-ring (bicyclic) bond motifs is 1. The van der Waals surface area contributed by atoms with Crippen LogP contribution >= 0.6 is 11.8 Å². The van der Waals surface area contributed by atoms with Crippen molar-refractivity contribution in [2.45, 2.75) is 13.3 Å². The van der Waals surface area contributed by atoms with Gasteiger partial charge in [0.05, 0.1) is 0 Å². The summed E-state index contributed by atoms with van der Waals surface area (Å²) in [4.78, 5) is 33.2. The van der Waals surface area contributed by atoms with Crippen LogP contribution in [0.4, 0.5) is 0 Å². The highest BCUT2D eigenvalue weighted by molar-refractivity contribution is 8.13. The van der Waals surface area contributed by atoms with Crippen LogP contribution in [0.15, 0.2) is 39.6 Å². The van der Waals surface area contributed by atoms with Gasteiger partial charge in [0.1, 0.15) is 11.1 Å². The molecule has 0 radical (unpaired) electrons. The molecular weight excluding hydrogens is 304 g/mol. The third-order valence-corrected chi connectivity index (χ3v) is 3.73. The summed E-state index contributed by atoms with van der Waals surface area (Å²) in [5, 5.41) is 9.58. The van der Waals surface area contributed by atoms with Gasteiger partial charge in [-0.3, -0.25) is 4.79 Å². The fourth-order valence-electron chi connectivity index (χ4n) is 1.88. The molecule has 22 heavy (non-hydrogen) atoms. The van der Waals surface area contributed by atoms with Crippen LogP contribution in [-0.4, -0.2) is 21.9 Å². The number of carboxylic acids is 1. The van der Waals surface area contributed by atoms with E-state index in [4.69, 9.17) is 9.52 Å². The molecule has 1 aromatic carbocycles. The first-order valence-corrected chi connectivity index (χ1v) is 7.57. The van der Waals surface area contributed by atoms with Gasteiger partial charge in [-0.25, -0.2) is 9.59 Å². The Bertz CT molecular complexity index is 804. The van der Waals surface area contributed by atoms with E-state index in [2.05, 4.69) is 0 Å². The standard InChI is InChI=1S/C16H14O5S/c1-10(17)22-7-3-2-4-11-5-6-14-12(8-11)9-13(15(18)19)16(20)21-14/h2,4-6,8-9H,3,7H2,1H3,(H,18,19). The van der Waals surface area contributed by atoms with Crippen LogP contribution in [0.3, 0.4) is 0 Å². The first-order valence-electron chi connectivity index (χ1n) is 6.58. The second kappa shape index (κ2) is 7.09. The molecule has 1 N–H and O–H groups in total. The third kappa shape index (κ3) is 4.08. The predicted octanol–water partition coefficient (Wildman–Crippen LogP) is 3.17. The van der Waals surface area contributed by atoms with Crippen LogP contribution in [0.25, 0.3) is 17.0 Å². The van der Waals surface area contributed by atoms with Crippen molar-refractivity contribution in [2.75, 3.05) is 5.75 Å². The number of rotatable bonds is 5. The van der Waals surface area contributed by atoms with E-state index in [1.165, 1.54) is 24.8 Å². The molecule has 0 amide bonds. The van der Waals surface area contributed by atoms with Crippen molar-refractivity contribution >= 4 is 39.9 Å². The normalized spacial score (nSPS) is 11.1. The van der Waals surface area contributed by atoms with Gasteiger partial charge in [0, 0.05) is 18.1 Å². The Kier molecular flexibility index (Phi) is 5.16. The molecule has 0 fully saturated rings. The SMILES string of the molecule is CC(=O)SCCC=Cc1ccc2oc(=O)c(C(=O)O)cc2c1. The zero-order valence-electron chi connectivity index (χ0n) is 11.9. The van der Waals surface area contributed by atoms with Crippen molar-refractivity contribution in [3.05, 3.63) is 51.9 Å². The zero-order chi connectivity index (χ0) is 16.1. The topological polar surface area (TPSA) is 84.6 Å². The summed E-state index contributed by atoms with van der Waals surface area (Å²) in [6.45, 7) is 1.53. The van der Waals surface area contributed by atoms with Gasteiger partial charge >= 0.3 is 11.6 Å². The fraction of sp³-hybridized carbons (Fsp3) is 0.188. The Labute approximate surface area is 130 Å². The van der Waals surface area contributed by atoms with Crippen LogP contribution in [0.2, 0.25) is 0 Å². The van der Waals surface area contributed by atoms with E-state index in [-0.39, 0.29) is 10.7 Å². The van der Waals surface area contributed by atoms with Gasteiger partial charge in [-0.2, -0.15) is 0 Å². The maximum Gasteiger partial charge on any atom is 0.351 e. The summed E-state index contributed by atoms with van der Waals surface area (Å²) in [6.07, 6.45) is 4.58.